The smallest absolute Gasteiger partial charge is 0.0216 e. The summed E-state index contributed by atoms with van der Waals surface area (Å²) in [4.78, 5) is 2.56. The molecule has 1 heterocycles. The van der Waals surface area contributed by atoms with E-state index >= 15 is 0 Å². The van der Waals surface area contributed by atoms with Crippen molar-refractivity contribution in [1.29, 1.82) is 0 Å². The normalized spacial score (nSPS) is 51.0. The second kappa shape index (κ2) is 1.42. The number of likely N-dealkylation sites (tertiary alicyclic amines) is 1. The first-order valence-electron chi connectivity index (χ1n) is 4.21. The minimum absolute atomic E-state index is 0.470. The molecule has 2 rings (SSSR count). The Labute approximate surface area is 63.4 Å². The van der Waals surface area contributed by atoms with E-state index in [9.17, 15) is 0 Å². The fraction of sp³-hybridized carbons (Fsp3) is 1.00. The molecule has 58 valence electrons. The zero-order valence-corrected chi connectivity index (χ0v) is 7.44. The third-order valence-corrected chi connectivity index (χ3v) is 3.80. The number of rotatable bonds is 0. The standard InChI is InChI=1S/C9H17N/c1-8(2)5-7-6-9(7,3)10(8)4/h7H,5-6H2,1-4H3. The Morgan fingerprint density at radius 1 is 1.20 bits per heavy atom. The van der Waals surface area contributed by atoms with Crippen molar-refractivity contribution >= 4 is 0 Å². The summed E-state index contributed by atoms with van der Waals surface area (Å²) < 4.78 is 0. The summed E-state index contributed by atoms with van der Waals surface area (Å²) in [5.74, 6) is 1.01. The fourth-order valence-electron chi connectivity index (χ4n) is 2.57. The summed E-state index contributed by atoms with van der Waals surface area (Å²) in [5.41, 5.74) is 1.06. The van der Waals surface area contributed by atoms with E-state index in [0.29, 0.717) is 11.1 Å². The molecule has 1 aliphatic carbocycles. The highest BCUT2D eigenvalue weighted by atomic mass is 15.3. The van der Waals surface area contributed by atoms with Crippen LogP contribution < -0.4 is 0 Å². The molecule has 0 aromatic carbocycles. The zero-order chi connectivity index (χ0) is 7.57. The van der Waals surface area contributed by atoms with Crippen molar-refractivity contribution in [2.24, 2.45) is 5.92 Å². The molecular weight excluding hydrogens is 122 g/mol. The lowest BCUT2D eigenvalue weighted by Crippen LogP contribution is -2.42. The van der Waals surface area contributed by atoms with Crippen molar-refractivity contribution in [2.45, 2.75) is 44.7 Å². The van der Waals surface area contributed by atoms with Gasteiger partial charge in [-0.1, -0.05) is 0 Å². The van der Waals surface area contributed by atoms with Gasteiger partial charge in [-0.05, 0) is 46.6 Å². The van der Waals surface area contributed by atoms with Crippen molar-refractivity contribution in [2.75, 3.05) is 7.05 Å². The van der Waals surface area contributed by atoms with Gasteiger partial charge in [0.1, 0.15) is 0 Å². The predicted octanol–water partition coefficient (Wildman–Crippen LogP) is 1.88. The molecule has 1 saturated carbocycles. The van der Waals surface area contributed by atoms with Crippen molar-refractivity contribution < 1.29 is 0 Å². The monoisotopic (exact) mass is 139 g/mol. The minimum atomic E-state index is 0.470. The van der Waals surface area contributed by atoms with Gasteiger partial charge in [0.05, 0.1) is 0 Å². The van der Waals surface area contributed by atoms with Crippen LogP contribution in [0.4, 0.5) is 0 Å². The highest BCUT2D eigenvalue weighted by Crippen LogP contribution is 2.60. The van der Waals surface area contributed by atoms with Crippen molar-refractivity contribution in [1.82, 2.24) is 4.90 Å². The van der Waals surface area contributed by atoms with Gasteiger partial charge in [0, 0.05) is 11.1 Å². The van der Waals surface area contributed by atoms with E-state index in [-0.39, 0.29) is 0 Å². The van der Waals surface area contributed by atoms with E-state index in [2.05, 4.69) is 32.7 Å². The molecule has 0 spiro atoms. The Morgan fingerprint density at radius 2 is 1.80 bits per heavy atom. The molecule has 0 radical (unpaired) electrons. The summed E-state index contributed by atoms with van der Waals surface area (Å²) in [5, 5.41) is 0. The van der Waals surface area contributed by atoms with Gasteiger partial charge in [-0.25, -0.2) is 0 Å². The molecule has 0 N–H and O–H groups in total. The molecule has 0 aromatic heterocycles. The highest BCUT2D eigenvalue weighted by molar-refractivity contribution is 5.18. The molecule has 0 amide bonds. The number of piperidine rings is 1. The first-order chi connectivity index (χ1) is 4.47. The summed E-state index contributed by atoms with van der Waals surface area (Å²) in [6.45, 7) is 7.10. The third-order valence-electron chi connectivity index (χ3n) is 3.80. The van der Waals surface area contributed by atoms with Crippen LogP contribution in [0.5, 0.6) is 0 Å². The Kier molecular flexibility index (Phi) is 0.949. The van der Waals surface area contributed by atoms with Gasteiger partial charge < -0.3 is 0 Å². The molecule has 2 fully saturated rings. The van der Waals surface area contributed by atoms with Crippen LogP contribution in [-0.2, 0) is 0 Å². The van der Waals surface area contributed by atoms with E-state index < -0.39 is 0 Å². The maximum absolute atomic E-state index is 2.56. The Balaban J connectivity index is 2.25. The van der Waals surface area contributed by atoms with Crippen LogP contribution >= 0.6 is 0 Å². The Bertz CT molecular complexity index is 169. The molecular formula is C9H17N. The minimum Gasteiger partial charge on any atom is -0.296 e. The van der Waals surface area contributed by atoms with E-state index in [0.717, 1.165) is 5.92 Å². The molecule has 0 aromatic rings. The van der Waals surface area contributed by atoms with Crippen LogP contribution in [0.2, 0.25) is 0 Å². The van der Waals surface area contributed by atoms with Gasteiger partial charge in [-0.2, -0.15) is 0 Å². The fourth-order valence-corrected chi connectivity index (χ4v) is 2.57. The number of nitrogens with zero attached hydrogens (tertiary/aromatic N) is 1. The first kappa shape index (κ1) is 6.66. The summed E-state index contributed by atoms with van der Waals surface area (Å²) in [7, 11) is 2.27. The largest absolute Gasteiger partial charge is 0.296 e. The van der Waals surface area contributed by atoms with Crippen LogP contribution in [0.3, 0.4) is 0 Å². The molecule has 2 unspecified atom stereocenters. The van der Waals surface area contributed by atoms with Crippen LogP contribution in [0.15, 0.2) is 0 Å². The first-order valence-corrected chi connectivity index (χ1v) is 4.21. The SMILES string of the molecule is CN1C(C)(C)CC2CC21C. The van der Waals surface area contributed by atoms with Crippen LogP contribution in [0.25, 0.3) is 0 Å². The molecule has 0 bridgehead atoms. The average Bonchev–Trinajstić information content (AvgIpc) is 2.36. The zero-order valence-electron chi connectivity index (χ0n) is 7.44. The van der Waals surface area contributed by atoms with Crippen molar-refractivity contribution in [3.8, 4) is 0 Å². The lowest BCUT2D eigenvalue weighted by atomic mass is 10.00. The molecule has 10 heavy (non-hydrogen) atoms. The second-order valence-electron chi connectivity index (χ2n) is 4.83. The number of fused-ring (bicyclic) bond motifs is 1. The lowest BCUT2D eigenvalue weighted by molar-refractivity contribution is 0.136. The summed E-state index contributed by atoms with van der Waals surface area (Å²) in [6, 6.07) is 0. The van der Waals surface area contributed by atoms with Gasteiger partial charge >= 0.3 is 0 Å². The molecule has 1 nitrogen and oxygen atoms in total. The molecule has 1 aliphatic heterocycles. The van der Waals surface area contributed by atoms with Gasteiger partial charge in [-0.3, -0.25) is 4.90 Å². The third kappa shape index (κ3) is 0.572. The Hall–Kier alpha value is -0.0400. The highest BCUT2D eigenvalue weighted by Gasteiger charge is 2.62. The maximum Gasteiger partial charge on any atom is 0.0216 e. The average molecular weight is 139 g/mol. The topological polar surface area (TPSA) is 3.24 Å². The second-order valence-corrected chi connectivity index (χ2v) is 4.83. The van der Waals surface area contributed by atoms with E-state index in [4.69, 9.17) is 0 Å². The molecule has 1 saturated heterocycles. The van der Waals surface area contributed by atoms with Gasteiger partial charge in [0.2, 0.25) is 0 Å². The van der Waals surface area contributed by atoms with Gasteiger partial charge in [0.15, 0.2) is 0 Å². The quantitative estimate of drug-likeness (QED) is 0.495. The van der Waals surface area contributed by atoms with Crippen LogP contribution in [0, 0.1) is 5.92 Å². The summed E-state index contributed by atoms with van der Waals surface area (Å²) in [6.07, 6.45) is 2.84. The lowest BCUT2D eigenvalue weighted by Gasteiger charge is -2.34. The molecule has 2 aliphatic rings. The van der Waals surface area contributed by atoms with Crippen molar-refractivity contribution in [3.05, 3.63) is 0 Å². The molecule has 2 atom stereocenters. The number of hydrogen-bond acceptors (Lipinski definition) is 1. The summed E-state index contributed by atoms with van der Waals surface area (Å²) >= 11 is 0. The number of hydrogen-bond donors (Lipinski definition) is 0. The Morgan fingerprint density at radius 3 is 2.00 bits per heavy atom. The van der Waals surface area contributed by atoms with Crippen molar-refractivity contribution in [3.63, 3.8) is 0 Å². The van der Waals surface area contributed by atoms with E-state index in [1.165, 1.54) is 12.8 Å². The van der Waals surface area contributed by atoms with E-state index in [1.54, 1.807) is 0 Å². The predicted molar refractivity (Wildman–Crippen MR) is 43.0 cm³/mol. The maximum atomic E-state index is 2.56. The van der Waals surface area contributed by atoms with Crippen LogP contribution in [-0.4, -0.2) is 23.0 Å². The van der Waals surface area contributed by atoms with E-state index in [1.807, 2.05) is 0 Å². The van der Waals surface area contributed by atoms with Crippen LogP contribution in [0.1, 0.15) is 33.6 Å². The van der Waals surface area contributed by atoms with Gasteiger partial charge in [-0.15, -0.1) is 0 Å². The molecule has 1 heteroatoms. The van der Waals surface area contributed by atoms with Gasteiger partial charge in [0.25, 0.3) is 0 Å².